The lowest BCUT2D eigenvalue weighted by atomic mass is 10.1. The Morgan fingerprint density at radius 3 is 2.46 bits per heavy atom. The molecule has 0 spiro atoms. The van der Waals surface area contributed by atoms with Crippen LogP contribution in [0.2, 0.25) is 0 Å². The zero-order chi connectivity index (χ0) is 19.1. The Morgan fingerprint density at radius 1 is 1.08 bits per heavy atom. The fraction of sp³-hybridized carbons (Fsp3) is 0.300. The fourth-order valence-corrected chi connectivity index (χ4v) is 2.55. The molecule has 6 nitrogen and oxygen atoms in total. The van der Waals surface area contributed by atoms with Gasteiger partial charge in [-0.3, -0.25) is 4.79 Å². The summed E-state index contributed by atoms with van der Waals surface area (Å²) in [4.78, 5) is 24.2. The van der Waals surface area contributed by atoms with E-state index in [1.807, 2.05) is 26.0 Å². The zero-order valence-corrected chi connectivity index (χ0v) is 15.4. The van der Waals surface area contributed by atoms with Crippen LogP contribution in [0.4, 0.5) is 0 Å². The Kier molecular flexibility index (Phi) is 6.60. The number of ether oxygens (including phenoxy) is 3. The smallest absolute Gasteiger partial charge is 0.338 e. The second-order valence-electron chi connectivity index (χ2n) is 5.79. The molecule has 0 heterocycles. The summed E-state index contributed by atoms with van der Waals surface area (Å²) in [5.74, 6) is 0.373. The van der Waals surface area contributed by atoms with Crippen molar-refractivity contribution in [2.24, 2.45) is 0 Å². The van der Waals surface area contributed by atoms with Crippen molar-refractivity contribution in [2.75, 3.05) is 20.8 Å². The number of benzene rings is 2. The zero-order valence-electron chi connectivity index (χ0n) is 15.4. The maximum absolute atomic E-state index is 12.1. The maximum atomic E-state index is 12.1. The first-order chi connectivity index (χ1) is 12.5. The highest BCUT2D eigenvalue weighted by Gasteiger charge is 2.17. The van der Waals surface area contributed by atoms with Crippen LogP contribution in [0.1, 0.15) is 34.5 Å². The van der Waals surface area contributed by atoms with Crippen LogP contribution in [0.25, 0.3) is 0 Å². The highest BCUT2D eigenvalue weighted by Crippen LogP contribution is 2.29. The molecule has 0 bridgehead atoms. The van der Waals surface area contributed by atoms with Crippen LogP contribution in [0.15, 0.2) is 42.5 Å². The van der Waals surface area contributed by atoms with E-state index in [-0.39, 0.29) is 12.6 Å². The van der Waals surface area contributed by atoms with Crippen molar-refractivity contribution in [3.05, 3.63) is 59.2 Å². The van der Waals surface area contributed by atoms with Gasteiger partial charge >= 0.3 is 5.97 Å². The average Bonchev–Trinajstić information content (AvgIpc) is 2.65. The highest BCUT2D eigenvalue weighted by atomic mass is 16.5. The van der Waals surface area contributed by atoms with Crippen LogP contribution in [-0.2, 0) is 9.53 Å². The summed E-state index contributed by atoms with van der Waals surface area (Å²) in [5, 5.41) is 2.79. The molecule has 0 aliphatic carbocycles. The minimum absolute atomic E-state index is 0.343. The van der Waals surface area contributed by atoms with Gasteiger partial charge in [-0.05, 0) is 43.7 Å². The molecule has 1 atom stereocenters. The van der Waals surface area contributed by atoms with Gasteiger partial charge in [0, 0.05) is 5.56 Å². The summed E-state index contributed by atoms with van der Waals surface area (Å²) in [5.41, 5.74) is 2.01. The summed E-state index contributed by atoms with van der Waals surface area (Å²) >= 11 is 0. The molecule has 2 aromatic carbocycles. The van der Waals surface area contributed by atoms with E-state index in [1.54, 1.807) is 44.6 Å². The van der Waals surface area contributed by atoms with Crippen molar-refractivity contribution in [1.82, 2.24) is 5.32 Å². The van der Waals surface area contributed by atoms with E-state index in [9.17, 15) is 9.59 Å². The number of hydrogen-bond acceptors (Lipinski definition) is 5. The van der Waals surface area contributed by atoms with Crippen LogP contribution in [-0.4, -0.2) is 32.7 Å². The maximum Gasteiger partial charge on any atom is 0.338 e. The third-order valence-electron chi connectivity index (χ3n) is 3.98. The van der Waals surface area contributed by atoms with Gasteiger partial charge in [-0.1, -0.05) is 18.2 Å². The molecular formula is C20H23NO5. The third kappa shape index (κ3) is 4.75. The first kappa shape index (κ1) is 19.3. The predicted molar refractivity (Wildman–Crippen MR) is 97.6 cm³/mol. The highest BCUT2D eigenvalue weighted by molar-refractivity contribution is 5.92. The summed E-state index contributed by atoms with van der Waals surface area (Å²) in [7, 11) is 3.13. The molecule has 6 heteroatoms. The average molecular weight is 357 g/mol. The van der Waals surface area contributed by atoms with Gasteiger partial charge in [0.1, 0.15) is 11.5 Å². The van der Waals surface area contributed by atoms with Gasteiger partial charge in [0.2, 0.25) is 0 Å². The van der Waals surface area contributed by atoms with Crippen LogP contribution in [0.5, 0.6) is 11.5 Å². The second kappa shape index (κ2) is 8.89. The molecule has 0 aromatic heterocycles. The molecule has 0 aliphatic heterocycles. The SMILES string of the molecule is COc1ccc(OC)c(C(C)NC(=O)COC(=O)c2ccccc2C)c1. The van der Waals surface area contributed by atoms with E-state index in [1.165, 1.54) is 0 Å². The number of hydrogen-bond donors (Lipinski definition) is 1. The molecular weight excluding hydrogens is 334 g/mol. The number of carbonyl (C=O) groups is 2. The summed E-state index contributed by atoms with van der Waals surface area (Å²) < 4.78 is 15.6. The Labute approximate surface area is 153 Å². The Hall–Kier alpha value is -3.02. The molecule has 0 radical (unpaired) electrons. The van der Waals surface area contributed by atoms with Crippen molar-refractivity contribution < 1.29 is 23.8 Å². The molecule has 1 amide bonds. The summed E-state index contributed by atoms with van der Waals surface area (Å²) in [6.07, 6.45) is 0. The Morgan fingerprint density at radius 2 is 1.81 bits per heavy atom. The van der Waals surface area contributed by atoms with Crippen molar-refractivity contribution in [2.45, 2.75) is 19.9 Å². The van der Waals surface area contributed by atoms with Gasteiger partial charge in [0.15, 0.2) is 6.61 Å². The van der Waals surface area contributed by atoms with E-state index in [2.05, 4.69) is 5.32 Å². The quantitative estimate of drug-likeness (QED) is 0.771. The standard InChI is InChI=1S/C20H23NO5/c1-13-7-5-6-8-16(13)20(23)26-12-19(22)21-14(2)17-11-15(24-3)9-10-18(17)25-4/h5-11,14H,12H2,1-4H3,(H,21,22). The number of nitrogens with one attached hydrogen (secondary N) is 1. The van der Waals surface area contributed by atoms with Crippen molar-refractivity contribution in [3.8, 4) is 11.5 Å². The van der Waals surface area contributed by atoms with Gasteiger partial charge in [0.25, 0.3) is 5.91 Å². The number of methoxy groups -OCH3 is 2. The summed E-state index contributed by atoms with van der Waals surface area (Å²) in [6.45, 7) is 3.27. The van der Waals surface area contributed by atoms with E-state index < -0.39 is 11.9 Å². The predicted octanol–water partition coefficient (Wildman–Crippen LogP) is 3.05. The molecule has 2 aromatic rings. The number of carbonyl (C=O) groups excluding carboxylic acids is 2. The van der Waals surface area contributed by atoms with Crippen LogP contribution < -0.4 is 14.8 Å². The topological polar surface area (TPSA) is 73.9 Å². The largest absolute Gasteiger partial charge is 0.497 e. The van der Waals surface area contributed by atoms with E-state index in [0.717, 1.165) is 11.1 Å². The number of amides is 1. The van der Waals surface area contributed by atoms with Gasteiger partial charge in [-0.25, -0.2) is 4.79 Å². The molecule has 2 rings (SSSR count). The molecule has 0 aliphatic rings. The van der Waals surface area contributed by atoms with Crippen molar-refractivity contribution >= 4 is 11.9 Å². The van der Waals surface area contributed by atoms with Crippen LogP contribution in [0.3, 0.4) is 0 Å². The normalized spacial score (nSPS) is 11.4. The molecule has 1 N–H and O–H groups in total. The lowest BCUT2D eigenvalue weighted by Gasteiger charge is -2.18. The van der Waals surface area contributed by atoms with Crippen LogP contribution in [0, 0.1) is 6.92 Å². The van der Waals surface area contributed by atoms with E-state index >= 15 is 0 Å². The minimum atomic E-state index is -0.523. The lowest BCUT2D eigenvalue weighted by Crippen LogP contribution is -2.31. The van der Waals surface area contributed by atoms with Gasteiger partial charge in [-0.2, -0.15) is 0 Å². The van der Waals surface area contributed by atoms with Crippen LogP contribution >= 0.6 is 0 Å². The number of rotatable bonds is 7. The monoisotopic (exact) mass is 357 g/mol. The molecule has 1 unspecified atom stereocenters. The number of aryl methyl sites for hydroxylation is 1. The second-order valence-corrected chi connectivity index (χ2v) is 5.79. The molecule has 0 saturated heterocycles. The molecule has 138 valence electrons. The Bertz CT molecular complexity index is 788. The van der Waals surface area contributed by atoms with Gasteiger partial charge in [-0.15, -0.1) is 0 Å². The molecule has 26 heavy (non-hydrogen) atoms. The third-order valence-corrected chi connectivity index (χ3v) is 3.98. The first-order valence-electron chi connectivity index (χ1n) is 8.20. The van der Waals surface area contributed by atoms with Gasteiger partial charge < -0.3 is 19.5 Å². The van der Waals surface area contributed by atoms with Crippen molar-refractivity contribution in [3.63, 3.8) is 0 Å². The number of esters is 1. The van der Waals surface area contributed by atoms with E-state index in [0.29, 0.717) is 17.1 Å². The van der Waals surface area contributed by atoms with E-state index in [4.69, 9.17) is 14.2 Å². The summed E-state index contributed by atoms with van der Waals surface area (Å²) in [6, 6.07) is 12.1. The fourth-order valence-electron chi connectivity index (χ4n) is 2.55. The molecule has 0 fully saturated rings. The van der Waals surface area contributed by atoms with Crippen molar-refractivity contribution in [1.29, 1.82) is 0 Å². The molecule has 0 saturated carbocycles. The minimum Gasteiger partial charge on any atom is -0.497 e. The van der Waals surface area contributed by atoms with Gasteiger partial charge in [0.05, 0.1) is 25.8 Å². The lowest BCUT2D eigenvalue weighted by molar-refractivity contribution is -0.124. The Balaban J connectivity index is 1.97. The first-order valence-corrected chi connectivity index (χ1v) is 8.20.